The summed E-state index contributed by atoms with van der Waals surface area (Å²) in [4.78, 5) is 86.9. The number of aliphatic hydroxyl groups excluding tert-OH is 2. The van der Waals surface area contributed by atoms with Crippen molar-refractivity contribution in [2.24, 2.45) is 0 Å². The Bertz CT molecular complexity index is 2760. The fourth-order valence-corrected chi connectivity index (χ4v) is 9.76. The van der Waals surface area contributed by atoms with Crippen molar-refractivity contribution in [3.63, 3.8) is 0 Å². The van der Waals surface area contributed by atoms with E-state index in [9.17, 15) is 39.0 Å². The predicted octanol–water partition coefficient (Wildman–Crippen LogP) is 6.76. The van der Waals surface area contributed by atoms with Crippen molar-refractivity contribution in [2.75, 3.05) is 19.6 Å². The topological polar surface area (TPSA) is 244 Å². The number of aliphatic hydroxyl groups is 2. The van der Waals surface area contributed by atoms with Crippen molar-refractivity contribution in [2.45, 2.75) is 140 Å². The lowest BCUT2D eigenvalue weighted by atomic mass is 10.0. The molecule has 9 rings (SSSR count). The summed E-state index contributed by atoms with van der Waals surface area (Å²) in [5, 5.41) is 33.4. The molecule has 3 aliphatic rings. The van der Waals surface area contributed by atoms with Crippen LogP contribution in [0.1, 0.15) is 76.0 Å². The number of likely N-dealkylation sites (tertiary alicyclic amines) is 2. The Kier molecular flexibility index (Phi) is 24.1. The van der Waals surface area contributed by atoms with Crippen molar-refractivity contribution in [3.8, 4) is 0 Å². The zero-order valence-corrected chi connectivity index (χ0v) is 47.4. The second-order valence-corrected chi connectivity index (χ2v) is 22.1. The molecule has 19 nitrogen and oxygen atoms in total. The fraction of sp³-hybridized carbons (Fsp3) is 0.431. The maximum Gasteiger partial charge on any atom is 0.323 e. The summed E-state index contributed by atoms with van der Waals surface area (Å²) in [5.41, 5.74) is 3.03. The number of imidazole rings is 3. The van der Waals surface area contributed by atoms with Gasteiger partial charge in [0.25, 0.3) is 0 Å². The Labute approximate surface area is 480 Å². The molecule has 2 amide bonds. The number of aliphatic carboxylic acids is 1. The van der Waals surface area contributed by atoms with Crippen LogP contribution in [0.25, 0.3) is 0 Å². The van der Waals surface area contributed by atoms with Gasteiger partial charge >= 0.3 is 5.97 Å². The van der Waals surface area contributed by atoms with Gasteiger partial charge in [-0.1, -0.05) is 71.2 Å². The number of ether oxygens (including phenoxy) is 1. The Morgan fingerprint density at radius 3 is 1.26 bits per heavy atom. The number of nitrogens with one attached hydrogen (secondary N) is 1. The molecule has 0 unspecified atom stereocenters. The number of aryl methyl sites for hydroxylation is 3. The van der Waals surface area contributed by atoms with Gasteiger partial charge in [0.1, 0.15) is 25.4 Å². The van der Waals surface area contributed by atoms with Gasteiger partial charge in [0.05, 0.1) is 61.0 Å². The Hall–Kier alpha value is -6.58. The van der Waals surface area contributed by atoms with Crippen LogP contribution in [0.4, 0.5) is 0 Å². The van der Waals surface area contributed by atoms with Crippen LogP contribution in [-0.4, -0.2) is 151 Å². The monoisotopic (exact) mass is 1160 g/mol. The largest absolute Gasteiger partial charge is 0.480 e. The molecule has 0 aliphatic carbocycles. The van der Waals surface area contributed by atoms with Gasteiger partial charge in [0.15, 0.2) is 11.6 Å². The number of hydrogen-bond acceptors (Lipinski definition) is 13. The lowest BCUT2D eigenvalue weighted by molar-refractivity contribution is -0.138. The minimum atomic E-state index is -0.854. The van der Waals surface area contributed by atoms with Crippen LogP contribution in [0.15, 0.2) is 129 Å². The summed E-state index contributed by atoms with van der Waals surface area (Å²) in [7, 11) is 0. The molecule has 4 N–H and O–H groups in total. The van der Waals surface area contributed by atoms with Gasteiger partial charge in [-0.25, -0.2) is 15.0 Å². The summed E-state index contributed by atoms with van der Waals surface area (Å²) in [6.45, 7) is 7.51. The van der Waals surface area contributed by atoms with E-state index in [1.807, 2.05) is 69.3 Å². The second-order valence-electron chi connectivity index (χ2n) is 20.8. The van der Waals surface area contributed by atoms with Crippen molar-refractivity contribution >= 4 is 69.9 Å². The number of rotatable bonds is 19. The maximum absolute atomic E-state index is 12.6. The highest BCUT2D eigenvalue weighted by atomic mass is 35.5. The first-order valence-electron chi connectivity index (χ1n) is 26.4. The molecule has 3 aliphatic heterocycles. The van der Waals surface area contributed by atoms with Crippen LogP contribution >= 0.6 is 34.8 Å². The number of hydrogen-bond donors (Lipinski definition) is 4. The molecule has 428 valence electrons. The van der Waals surface area contributed by atoms with Crippen LogP contribution in [0.3, 0.4) is 0 Å². The Morgan fingerprint density at radius 2 is 0.925 bits per heavy atom. The molecule has 0 spiro atoms. The molecule has 6 atom stereocenters. The summed E-state index contributed by atoms with van der Waals surface area (Å²) in [6.07, 6.45) is 17.7. The molecule has 80 heavy (non-hydrogen) atoms. The summed E-state index contributed by atoms with van der Waals surface area (Å²) in [6, 6.07) is 21.2. The van der Waals surface area contributed by atoms with E-state index in [-0.39, 0.29) is 79.6 Å². The molecule has 3 saturated heterocycles. The molecule has 0 saturated carbocycles. The third-order valence-corrected chi connectivity index (χ3v) is 14.0. The van der Waals surface area contributed by atoms with Crippen LogP contribution in [-0.2, 0) is 72.4 Å². The van der Waals surface area contributed by atoms with Crippen molar-refractivity contribution in [3.05, 3.63) is 161 Å². The van der Waals surface area contributed by atoms with Crippen LogP contribution in [0.2, 0.25) is 15.1 Å². The number of carbonyl (C=O) groups excluding carboxylic acids is 5. The highest BCUT2D eigenvalue weighted by Crippen LogP contribution is 2.25. The fourth-order valence-electron chi connectivity index (χ4n) is 9.38. The SMILES string of the molecule is CC(C)(C)O[C@H]1CN[C@H](C(=O)CCc2ccc(Cl)cc2)C1.O=C(CCc1ccc(Cl)cc1)[C@@H]1C[C@@H](O)CN1C(=O)Cn1ccnc1.O=C(CCc1ccc(Cl)cc1)[C@@H]1C[C@@H](O)CN1C(=O)Cn1ccnc1.O=C(O)Cn1ccnc1. The van der Waals surface area contributed by atoms with Crippen LogP contribution < -0.4 is 5.32 Å². The molecule has 3 fully saturated rings. The van der Waals surface area contributed by atoms with Gasteiger partial charge in [-0.05, 0) is 99.5 Å². The van der Waals surface area contributed by atoms with Gasteiger partial charge in [-0.3, -0.25) is 28.8 Å². The number of β-amino-alcohol motifs (C(OH)–C–C–N with tert-alkyl or cyclic N) is 2. The van der Waals surface area contributed by atoms with E-state index in [1.165, 1.54) is 20.7 Å². The van der Waals surface area contributed by atoms with E-state index in [0.29, 0.717) is 55.0 Å². The quantitative estimate of drug-likeness (QED) is 0.0656. The number of aromatic nitrogens is 6. The normalized spacial score (nSPS) is 19.4. The molecular formula is C58H70Cl3N9O10. The third-order valence-electron chi connectivity index (χ3n) is 13.3. The number of Topliss-reactive ketones (excluding diaryl/α,β-unsaturated/α-hetero) is 3. The Morgan fingerprint density at radius 1 is 0.562 bits per heavy atom. The maximum atomic E-state index is 12.6. The van der Waals surface area contributed by atoms with Crippen molar-refractivity contribution < 1.29 is 48.8 Å². The number of benzene rings is 3. The number of halogens is 3. The lowest BCUT2D eigenvalue weighted by Crippen LogP contribution is -2.42. The highest BCUT2D eigenvalue weighted by molar-refractivity contribution is 6.31. The molecule has 6 heterocycles. The van der Waals surface area contributed by atoms with Crippen molar-refractivity contribution in [1.29, 1.82) is 0 Å². The number of amides is 2. The van der Waals surface area contributed by atoms with E-state index < -0.39 is 30.3 Å². The van der Waals surface area contributed by atoms with Gasteiger partial charge in [0.2, 0.25) is 11.8 Å². The minimum Gasteiger partial charge on any atom is -0.480 e. The van der Waals surface area contributed by atoms with Crippen LogP contribution in [0.5, 0.6) is 0 Å². The van der Waals surface area contributed by atoms with E-state index in [2.05, 4.69) is 20.3 Å². The van der Waals surface area contributed by atoms with Gasteiger partial charge in [0, 0.05) is 104 Å². The molecule has 22 heteroatoms. The first-order valence-corrected chi connectivity index (χ1v) is 27.6. The predicted molar refractivity (Wildman–Crippen MR) is 302 cm³/mol. The summed E-state index contributed by atoms with van der Waals surface area (Å²) >= 11 is 17.6. The van der Waals surface area contributed by atoms with Gasteiger partial charge in [-0.2, -0.15) is 0 Å². The average Bonchev–Trinajstić information content (AvgIpc) is 4.31. The van der Waals surface area contributed by atoms with Gasteiger partial charge < -0.3 is 48.9 Å². The Balaban J connectivity index is 0.000000180. The summed E-state index contributed by atoms with van der Waals surface area (Å²) in [5.74, 6) is -0.993. The third kappa shape index (κ3) is 21.1. The molecule has 6 aromatic rings. The minimum absolute atomic E-state index is 0.0139. The molecule has 3 aromatic carbocycles. The molecule has 0 bridgehead atoms. The average molecular weight is 1160 g/mol. The number of carboxylic acid groups (broad SMARTS) is 1. The zero-order valence-electron chi connectivity index (χ0n) is 45.1. The highest BCUT2D eigenvalue weighted by Gasteiger charge is 2.39. The van der Waals surface area contributed by atoms with E-state index >= 15 is 0 Å². The number of carbonyl (C=O) groups is 6. The summed E-state index contributed by atoms with van der Waals surface area (Å²) < 4.78 is 10.7. The van der Waals surface area contributed by atoms with E-state index in [1.54, 1.807) is 83.2 Å². The first kappa shape index (κ1) is 62.6. The first-order chi connectivity index (χ1) is 38.2. The molecular weight excluding hydrogens is 1090 g/mol. The van der Waals surface area contributed by atoms with E-state index in [4.69, 9.17) is 44.6 Å². The number of ketones is 3. The number of nitrogens with zero attached hydrogens (tertiary/aromatic N) is 8. The van der Waals surface area contributed by atoms with E-state index in [0.717, 1.165) is 41.1 Å². The standard InChI is InChI=1S/2C18H20ClN3O3.C17H24ClNO2.C5H6N2O2/c2*19-14-4-1-13(2-5-14)3-6-17(24)16-9-15(23)10-22(16)18(25)11-21-8-7-20-12-21;1-17(2,3)21-14-10-15(19-11-14)16(20)9-6-12-4-7-13(18)8-5-12;8-5(9)3-7-2-1-6-4-7/h2*1-2,4-5,7-8,12,15-16,23H,3,6,9-11H2;4-5,7-8,14-15,19H,6,9-11H2,1-3H3;1-2,4H,3H2,(H,8,9)/t2*15-,16+;14-,15+;/m111./s1. The van der Waals surface area contributed by atoms with Crippen LogP contribution in [0, 0.1) is 0 Å². The van der Waals surface area contributed by atoms with Crippen molar-refractivity contribution in [1.82, 2.24) is 43.8 Å². The smallest absolute Gasteiger partial charge is 0.323 e. The zero-order chi connectivity index (χ0) is 57.8. The molecule has 3 aromatic heterocycles. The molecule has 0 radical (unpaired) electrons. The lowest BCUT2D eigenvalue weighted by Gasteiger charge is -2.24. The second kappa shape index (κ2) is 30.9. The van der Waals surface area contributed by atoms with Gasteiger partial charge in [-0.15, -0.1) is 0 Å². The number of carboxylic acids is 1.